The van der Waals surface area contributed by atoms with Gasteiger partial charge in [-0.05, 0) is 44.6 Å². The average molecular weight is 346 g/mol. The largest absolute Gasteiger partial charge is 0.309 e. The van der Waals surface area contributed by atoms with Gasteiger partial charge >= 0.3 is 0 Å². The zero-order valence-corrected chi connectivity index (χ0v) is 15.7. The van der Waals surface area contributed by atoms with Crippen LogP contribution < -0.4 is 0 Å². The Balaban J connectivity index is 0.00000288. The third-order valence-corrected chi connectivity index (χ3v) is 4.49. The topological polar surface area (TPSA) is 20.3 Å². The first kappa shape index (κ1) is 20.4. The Bertz CT molecular complexity index is 571. The molecule has 0 saturated carbocycles. The minimum absolute atomic E-state index is 0. The van der Waals surface area contributed by atoms with Gasteiger partial charge in [0.05, 0.1) is 5.41 Å². The molecular formula is C21H28ClNO. The first-order valence-corrected chi connectivity index (χ1v) is 8.40. The van der Waals surface area contributed by atoms with Crippen LogP contribution in [0.3, 0.4) is 0 Å². The summed E-state index contributed by atoms with van der Waals surface area (Å²) in [6.45, 7) is 2.95. The lowest BCUT2D eigenvalue weighted by atomic mass is 9.67. The van der Waals surface area contributed by atoms with E-state index in [9.17, 15) is 4.79 Å². The molecule has 2 aromatic carbocycles. The van der Waals surface area contributed by atoms with Crippen molar-refractivity contribution >= 4 is 18.2 Å². The Morgan fingerprint density at radius 1 is 0.917 bits per heavy atom. The number of Topliss-reactive ketones (excluding diaryl/α,β-unsaturated/α-hetero) is 1. The Labute approximate surface area is 152 Å². The van der Waals surface area contributed by atoms with Gasteiger partial charge in [0.2, 0.25) is 0 Å². The van der Waals surface area contributed by atoms with E-state index >= 15 is 0 Å². The standard InChI is InChI=1S/C21H27NO.ClH/c1-4-20(23)21(16-11-17-22(2)3,18-12-7-5-8-13-18)19-14-9-6-10-15-19;/h5-10,12-15H,4,11,16-17H2,1-3H3;1H. The van der Waals surface area contributed by atoms with E-state index < -0.39 is 5.41 Å². The molecule has 0 spiro atoms. The molecule has 0 heterocycles. The zero-order valence-electron chi connectivity index (χ0n) is 14.9. The van der Waals surface area contributed by atoms with Crippen LogP contribution in [0, 0.1) is 0 Å². The van der Waals surface area contributed by atoms with Crippen molar-refractivity contribution in [1.82, 2.24) is 4.90 Å². The fourth-order valence-electron chi connectivity index (χ4n) is 3.32. The third-order valence-electron chi connectivity index (χ3n) is 4.49. The molecule has 2 aromatic rings. The Kier molecular flexibility index (Phi) is 8.17. The molecule has 0 fully saturated rings. The van der Waals surface area contributed by atoms with Gasteiger partial charge in [-0.2, -0.15) is 0 Å². The van der Waals surface area contributed by atoms with Gasteiger partial charge in [0.25, 0.3) is 0 Å². The van der Waals surface area contributed by atoms with Crippen LogP contribution in [-0.4, -0.2) is 31.3 Å². The van der Waals surface area contributed by atoms with E-state index in [1.807, 2.05) is 43.3 Å². The summed E-state index contributed by atoms with van der Waals surface area (Å²) in [5, 5.41) is 0. The van der Waals surface area contributed by atoms with E-state index in [-0.39, 0.29) is 12.4 Å². The molecule has 0 radical (unpaired) electrons. The Morgan fingerprint density at radius 2 is 1.38 bits per heavy atom. The van der Waals surface area contributed by atoms with E-state index in [4.69, 9.17) is 0 Å². The zero-order chi connectivity index (χ0) is 16.7. The number of benzene rings is 2. The van der Waals surface area contributed by atoms with Crippen molar-refractivity contribution in [3.05, 3.63) is 71.8 Å². The molecule has 0 saturated heterocycles. The summed E-state index contributed by atoms with van der Waals surface area (Å²) in [4.78, 5) is 15.3. The molecule has 0 aliphatic heterocycles. The van der Waals surface area contributed by atoms with Gasteiger partial charge in [-0.1, -0.05) is 67.6 Å². The number of rotatable bonds is 8. The van der Waals surface area contributed by atoms with E-state index in [0.29, 0.717) is 12.2 Å². The minimum atomic E-state index is -0.534. The second-order valence-electron chi connectivity index (χ2n) is 6.32. The Morgan fingerprint density at radius 3 is 1.75 bits per heavy atom. The van der Waals surface area contributed by atoms with Crippen molar-refractivity contribution in [3.63, 3.8) is 0 Å². The third kappa shape index (κ3) is 4.46. The van der Waals surface area contributed by atoms with Crippen LogP contribution >= 0.6 is 12.4 Å². The summed E-state index contributed by atoms with van der Waals surface area (Å²) in [5.74, 6) is 0.300. The molecule has 0 aliphatic carbocycles. The number of carbonyl (C=O) groups excluding carboxylic acids is 1. The van der Waals surface area contributed by atoms with Crippen LogP contribution in [0.2, 0.25) is 0 Å². The number of halogens is 1. The lowest BCUT2D eigenvalue weighted by Gasteiger charge is -2.34. The monoisotopic (exact) mass is 345 g/mol. The molecule has 0 aliphatic rings. The van der Waals surface area contributed by atoms with Gasteiger partial charge in [-0.15, -0.1) is 12.4 Å². The van der Waals surface area contributed by atoms with Crippen molar-refractivity contribution in [1.29, 1.82) is 0 Å². The Hall–Kier alpha value is -1.64. The van der Waals surface area contributed by atoms with Crippen molar-refractivity contribution < 1.29 is 4.79 Å². The summed E-state index contributed by atoms with van der Waals surface area (Å²) < 4.78 is 0. The fourth-order valence-corrected chi connectivity index (χ4v) is 3.32. The molecule has 130 valence electrons. The number of ketones is 1. The van der Waals surface area contributed by atoms with Gasteiger partial charge in [-0.3, -0.25) is 4.79 Å². The normalized spacial score (nSPS) is 11.2. The van der Waals surface area contributed by atoms with E-state index in [2.05, 4.69) is 43.3 Å². The minimum Gasteiger partial charge on any atom is -0.309 e. The van der Waals surface area contributed by atoms with Gasteiger partial charge in [-0.25, -0.2) is 0 Å². The number of nitrogens with zero attached hydrogens (tertiary/aromatic N) is 1. The van der Waals surface area contributed by atoms with Crippen molar-refractivity contribution in [2.75, 3.05) is 20.6 Å². The van der Waals surface area contributed by atoms with Crippen LogP contribution in [0.5, 0.6) is 0 Å². The van der Waals surface area contributed by atoms with Crippen molar-refractivity contribution in [3.8, 4) is 0 Å². The van der Waals surface area contributed by atoms with Crippen LogP contribution in [0.4, 0.5) is 0 Å². The predicted octanol–water partition coefficient (Wildman–Crippen LogP) is 4.72. The highest BCUT2D eigenvalue weighted by Gasteiger charge is 2.39. The van der Waals surface area contributed by atoms with Gasteiger partial charge in [0, 0.05) is 6.42 Å². The van der Waals surface area contributed by atoms with Crippen molar-refractivity contribution in [2.24, 2.45) is 0 Å². The molecular weight excluding hydrogens is 318 g/mol. The van der Waals surface area contributed by atoms with Crippen LogP contribution in [0.15, 0.2) is 60.7 Å². The van der Waals surface area contributed by atoms with E-state index in [1.165, 1.54) is 0 Å². The summed E-state index contributed by atoms with van der Waals surface area (Å²) >= 11 is 0. The molecule has 0 atom stereocenters. The van der Waals surface area contributed by atoms with E-state index in [1.54, 1.807) is 0 Å². The SMILES string of the molecule is CCC(=O)C(CCCN(C)C)(c1ccccc1)c1ccccc1.Cl. The molecule has 2 rings (SSSR count). The molecule has 24 heavy (non-hydrogen) atoms. The summed E-state index contributed by atoms with van der Waals surface area (Å²) in [6, 6.07) is 20.5. The molecule has 0 amide bonds. The molecule has 3 heteroatoms. The number of hydrogen-bond acceptors (Lipinski definition) is 2. The number of carbonyl (C=O) groups is 1. The lowest BCUT2D eigenvalue weighted by Crippen LogP contribution is -2.37. The summed E-state index contributed by atoms with van der Waals surface area (Å²) in [6.07, 6.45) is 2.38. The highest BCUT2D eigenvalue weighted by atomic mass is 35.5. The van der Waals surface area contributed by atoms with Crippen LogP contribution in [0.1, 0.15) is 37.3 Å². The molecule has 0 aromatic heterocycles. The first-order chi connectivity index (χ1) is 11.1. The maximum absolute atomic E-state index is 13.1. The molecule has 0 unspecified atom stereocenters. The van der Waals surface area contributed by atoms with Gasteiger partial charge < -0.3 is 4.90 Å². The van der Waals surface area contributed by atoms with Crippen LogP contribution in [0.25, 0.3) is 0 Å². The van der Waals surface area contributed by atoms with Crippen molar-refractivity contribution in [2.45, 2.75) is 31.6 Å². The second-order valence-corrected chi connectivity index (χ2v) is 6.32. The maximum Gasteiger partial charge on any atom is 0.147 e. The highest BCUT2D eigenvalue weighted by molar-refractivity contribution is 5.93. The maximum atomic E-state index is 13.1. The molecule has 0 bridgehead atoms. The summed E-state index contributed by atoms with van der Waals surface area (Å²) in [5.41, 5.74) is 1.68. The quantitative estimate of drug-likeness (QED) is 0.690. The van der Waals surface area contributed by atoms with Gasteiger partial charge in [0.1, 0.15) is 5.78 Å². The fraction of sp³-hybridized carbons (Fsp3) is 0.381. The smallest absolute Gasteiger partial charge is 0.147 e. The van der Waals surface area contributed by atoms with E-state index in [0.717, 1.165) is 30.5 Å². The highest BCUT2D eigenvalue weighted by Crippen LogP contribution is 2.38. The lowest BCUT2D eigenvalue weighted by molar-refractivity contribution is -0.123. The average Bonchev–Trinajstić information content (AvgIpc) is 2.59. The number of hydrogen-bond donors (Lipinski definition) is 0. The predicted molar refractivity (Wildman–Crippen MR) is 104 cm³/mol. The molecule has 0 N–H and O–H groups in total. The summed E-state index contributed by atoms with van der Waals surface area (Å²) in [7, 11) is 4.16. The van der Waals surface area contributed by atoms with Crippen LogP contribution in [-0.2, 0) is 10.2 Å². The first-order valence-electron chi connectivity index (χ1n) is 8.40. The molecule has 2 nitrogen and oxygen atoms in total. The second kappa shape index (κ2) is 9.61. The van der Waals surface area contributed by atoms with Gasteiger partial charge in [0.15, 0.2) is 0 Å².